The third-order valence-corrected chi connectivity index (χ3v) is 7.36. The number of amides is 1. The first-order valence-electron chi connectivity index (χ1n) is 11.6. The Kier molecular flexibility index (Phi) is 5.57. The Morgan fingerprint density at radius 1 is 1.11 bits per heavy atom. The van der Waals surface area contributed by atoms with Crippen LogP contribution in [0.2, 0.25) is 0 Å². The first kappa shape index (κ1) is 24.2. The summed E-state index contributed by atoms with van der Waals surface area (Å²) in [7, 11) is 1.55. The van der Waals surface area contributed by atoms with Crippen LogP contribution in [0.15, 0.2) is 59.1 Å². The third kappa shape index (κ3) is 3.57. The molecule has 0 heterocycles. The van der Waals surface area contributed by atoms with Gasteiger partial charge in [-0.05, 0) is 54.7 Å². The molecule has 1 amide bonds. The van der Waals surface area contributed by atoms with E-state index in [-0.39, 0.29) is 36.1 Å². The molecule has 6 N–H and O–H groups in total. The standard InChI is InChI=1S/C28H23NO8/c1-37-17-4-2-3-13(9-17)5-6-14-7-8-19(30)22-18(14)11-15-10-16-12-20(31)23(27(29)35)26(34)28(16,36)25(33)21(15)24(22)32/h2-4,7-9,15-16,30-31,33,36H,10-12H2,1H3,(H2,29,35)/t15-,16+,28+/m1/s1. The minimum atomic E-state index is -2.59. The number of methoxy groups -OCH3 is 1. The van der Waals surface area contributed by atoms with Gasteiger partial charge >= 0.3 is 0 Å². The van der Waals surface area contributed by atoms with E-state index in [0.717, 1.165) is 0 Å². The fourth-order valence-electron chi connectivity index (χ4n) is 5.58. The summed E-state index contributed by atoms with van der Waals surface area (Å²) in [6.45, 7) is 0. The van der Waals surface area contributed by atoms with Crippen LogP contribution in [0, 0.1) is 23.7 Å². The number of aliphatic hydroxyl groups is 3. The van der Waals surface area contributed by atoms with E-state index in [0.29, 0.717) is 22.4 Å². The van der Waals surface area contributed by atoms with Gasteiger partial charge in [-0.2, -0.15) is 0 Å². The van der Waals surface area contributed by atoms with E-state index in [9.17, 15) is 34.8 Å². The molecule has 0 fully saturated rings. The fraction of sp³-hybridized carbons (Fsp3) is 0.250. The average Bonchev–Trinajstić information content (AvgIpc) is 2.85. The van der Waals surface area contributed by atoms with Gasteiger partial charge in [-0.15, -0.1) is 0 Å². The molecule has 0 spiro atoms. The molecule has 3 aliphatic rings. The molecule has 0 unspecified atom stereocenters. The molecule has 0 aliphatic heterocycles. The van der Waals surface area contributed by atoms with Crippen molar-refractivity contribution in [2.75, 3.05) is 7.11 Å². The van der Waals surface area contributed by atoms with Crippen LogP contribution in [0.25, 0.3) is 0 Å². The van der Waals surface area contributed by atoms with Crippen molar-refractivity contribution in [2.24, 2.45) is 17.6 Å². The molecule has 37 heavy (non-hydrogen) atoms. The molecule has 5 rings (SSSR count). The predicted molar refractivity (Wildman–Crippen MR) is 130 cm³/mol. The Labute approximate surface area is 211 Å². The second kappa shape index (κ2) is 8.54. The van der Waals surface area contributed by atoms with E-state index in [1.165, 1.54) is 6.07 Å². The number of nitrogens with two attached hydrogens (primary N) is 1. The number of fused-ring (bicyclic) bond motifs is 3. The van der Waals surface area contributed by atoms with Crippen LogP contribution in [0.5, 0.6) is 11.5 Å². The summed E-state index contributed by atoms with van der Waals surface area (Å²) < 4.78 is 5.22. The summed E-state index contributed by atoms with van der Waals surface area (Å²) in [5, 5.41) is 43.2. The zero-order chi connectivity index (χ0) is 26.6. The van der Waals surface area contributed by atoms with E-state index >= 15 is 0 Å². The lowest BCUT2D eigenvalue weighted by Crippen LogP contribution is -2.57. The van der Waals surface area contributed by atoms with Gasteiger partial charge in [0.2, 0.25) is 5.78 Å². The molecule has 2 aromatic carbocycles. The summed E-state index contributed by atoms with van der Waals surface area (Å²) in [5.74, 6) is 0.0730. The normalized spacial score (nSPS) is 24.5. The number of carbonyl (C=O) groups excluding carboxylic acids is 3. The molecule has 3 atom stereocenters. The van der Waals surface area contributed by atoms with Crippen molar-refractivity contribution in [3.8, 4) is 23.3 Å². The van der Waals surface area contributed by atoms with E-state index in [1.54, 1.807) is 37.4 Å². The van der Waals surface area contributed by atoms with Crippen LogP contribution in [-0.2, 0) is 16.0 Å². The smallest absolute Gasteiger partial charge is 0.255 e. The number of phenols is 1. The number of benzene rings is 2. The molecule has 0 aromatic heterocycles. The highest BCUT2D eigenvalue weighted by atomic mass is 16.5. The van der Waals surface area contributed by atoms with Gasteiger partial charge < -0.3 is 30.9 Å². The number of aliphatic hydroxyl groups excluding tert-OH is 2. The van der Waals surface area contributed by atoms with Gasteiger partial charge in [0.05, 0.1) is 12.7 Å². The summed E-state index contributed by atoms with van der Waals surface area (Å²) in [4.78, 5) is 38.3. The van der Waals surface area contributed by atoms with Gasteiger partial charge in [-0.3, -0.25) is 14.4 Å². The quantitative estimate of drug-likeness (QED) is 0.308. The van der Waals surface area contributed by atoms with Crippen molar-refractivity contribution in [3.05, 3.63) is 81.3 Å². The Hall–Kier alpha value is -4.55. The number of hydrogen-bond acceptors (Lipinski definition) is 8. The molecule has 0 saturated heterocycles. The maximum absolute atomic E-state index is 13.6. The number of phenolic OH excluding ortho intramolecular Hbond substituents is 1. The van der Waals surface area contributed by atoms with Crippen molar-refractivity contribution < 1.29 is 39.5 Å². The first-order valence-corrected chi connectivity index (χ1v) is 11.6. The van der Waals surface area contributed by atoms with Gasteiger partial charge in [0.25, 0.3) is 5.91 Å². The predicted octanol–water partition coefficient (Wildman–Crippen LogP) is 1.99. The molecular weight excluding hydrogens is 478 g/mol. The number of rotatable bonds is 2. The SMILES string of the molecule is COc1cccc(C#Cc2ccc(O)c3c2C[C@H]2C[C@H]4CC(O)=C(C(N)=O)C(=O)[C@@]4(O)C(O)=C2C3=O)c1. The van der Waals surface area contributed by atoms with Gasteiger partial charge in [-0.25, -0.2) is 0 Å². The molecule has 2 aromatic rings. The van der Waals surface area contributed by atoms with Crippen molar-refractivity contribution in [1.82, 2.24) is 0 Å². The summed E-state index contributed by atoms with van der Waals surface area (Å²) in [5.41, 5.74) is 3.20. The number of aromatic hydroxyl groups is 1. The minimum absolute atomic E-state index is 0.0569. The number of allylic oxidation sites excluding steroid dienone is 2. The van der Waals surface area contributed by atoms with E-state index in [4.69, 9.17) is 10.5 Å². The number of ketones is 2. The summed E-state index contributed by atoms with van der Waals surface area (Å²) in [6, 6.07) is 10.1. The molecule has 9 nitrogen and oxygen atoms in total. The van der Waals surface area contributed by atoms with E-state index < -0.39 is 52.0 Å². The molecule has 188 valence electrons. The number of hydrogen-bond donors (Lipinski definition) is 5. The Bertz CT molecular complexity index is 1520. The fourth-order valence-corrected chi connectivity index (χ4v) is 5.58. The van der Waals surface area contributed by atoms with Gasteiger partial charge in [-0.1, -0.05) is 17.9 Å². The highest BCUT2D eigenvalue weighted by Crippen LogP contribution is 2.51. The molecule has 0 bridgehead atoms. The largest absolute Gasteiger partial charge is 0.511 e. The van der Waals surface area contributed by atoms with Crippen LogP contribution < -0.4 is 10.5 Å². The highest BCUT2D eigenvalue weighted by molar-refractivity contribution is 6.24. The number of primary amides is 1. The highest BCUT2D eigenvalue weighted by Gasteiger charge is 2.59. The van der Waals surface area contributed by atoms with Crippen molar-refractivity contribution in [2.45, 2.75) is 24.9 Å². The van der Waals surface area contributed by atoms with Gasteiger partial charge in [0.15, 0.2) is 11.4 Å². The maximum atomic E-state index is 13.6. The van der Waals surface area contributed by atoms with Crippen LogP contribution in [0.3, 0.4) is 0 Å². The van der Waals surface area contributed by atoms with Gasteiger partial charge in [0, 0.05) is 29.0 Å². The number of Topliss-reactive ketones (excluding diaryl/α,β-unsaturated/α-hetero) is 2. The van der Waals surface area contributed by atoms with Crippen molar-refractivity contribution in [3.63, 3.8) is 0 Å². The molecular formula is C28H23NO8. The van der Waals surface area contributed by atoms with E-state index in [2.05, 4.69) is 11.8 Å². The van der Waals surface area contributed by atoms with Crippen LogP contribution >= 0.6 is 0 Å². The summed E-state index contributed by atoms with van der Waals surface area (Å²) >= 11 is 0. The Balaban J connectivity index is 1.61. The van der Waals surface area contributed by atoms with Crippen LogP contribution in [0.4, 0.5) is 0 Å². The topological polar surface area (TPSA) is 167 Å². The lowest BCUT2D eigenvalue weighted by molar-refractivity contribution is -0.144. The second-order valence-electron chi connectivity index (χ2n) is 9.38. The maximum Gasteiger partial charge on any atom is 0.255 e. The average molecular weight is 501 g/mol. The van der Waals surface area contributed by atoms with Gasteiger partial charge in [0.1, 0.15) is 28.6 Å². The van der Waals surface area contributed by atoms with E-state index in [1.807, 2.05) is 0 Å². The lowest BCUT2D eigenvalue weighted by Gasteiger charge is -2.45. The molecule has 3 aliphatic carbocycles. The molecule has 0 saturated carbocycles. The zero-order valence-electron chi connectivity index (χ0n) is 19.7. The van der Waals surface area contributed by atoms with Crippen molar-refractivity contribution >= 4 is 17.5 Å². The first-order chi connectivity index (χ1) is 17.6. The third-order valence-electron chi connectivity index (χ3n) is 7.36. The van der Waals surface area contributed by atoms with Crippen LogP contribution in [0.1, 0.15) is 39.9 Å². The monoisotopic (exact) mass is 501 g/mol. The van der Waals surface area contributed by atoms with Crippen molar-refractivity contribution in [1.29, 1.82) is 0 Å². The summed E-state index contributed by atoms with van der Waals surface area (Å²) in [6.07, 6.45) is -0.0375. The minimum Gasteiger partial charge on any atom is -0.511 e. The number of carbonyl (C=O) groups is 3. The molecule has 0 radical (unpaired) electrons. The van der Waals surface area contributed by atoms with Crippen LogP contribution in [-0.4, -0.2) is 50.6 Å². The second-order valence-corrected chi connectivity index (χ2v) is 9.38. The Morgan fingerprint density at radius 2 is 1.86 bits per heavy atom. The zero-order valence-corrected chi connectivity index (χ0v) is 19.7. The lowest BCUT2D eigenvalue weighted by atomic mass is 9.60. The number of ether oxygens (including phenoxy) is 1. The molecule has 9 heteroatoms. The Morgan fingerprint density at radius 3 is 2.57 bits per heavy atom.